The zero-order chi connectivity index (χ0) is 13.9. The topological polar surface area (TPSA) is 37.6 Å². The van der Waals surface area contributed by atoms with Crippen molar-refractivity contribution in [3.8, 4) is 0 Å². The molecule has 112 valence electrons. The molecule has 1 unspecified atom stereocenters. The summed E-state index contributed by atoms with van der Waals surface area (Å²) in [5, 5.41) is 3.55. The molecule has 0 bridgehead atoms. The molecular weight excluding hydrogens is 252 g/mol. The molecule has 1 N–H and O–H groups in total. The van der Waals surface area contributed by atoms with E-state index in [0.29, 0.717) is 6.10 Å². The molecule has 1 aromatic heterocycles. The Balaban J connectivity index is 1.49. The van der Waals surface area contributed by atoms with Crippen LogP contribution in [-0.4, -0.2) is 37.2 Å². The molecule has 1 saturated heterocycles. The Kier molecular flexibility index (Phi) is 4.44. The van der Waals surface area contributed by atoms with Gasteiger partial charge in [0.1, 0.15) is 11.5 Å². The maximum absolute atomic E-state index is 5.88. The molecule has 4 heteroatoms. The first-order chi connectivity index (χ1) is 9.70. The quantitative estimate of drug-likeness (QED) is 0.831. The predicted molar refractivity (Wildman–Crippen MR) is 78.6 cm³/mol. The second-order valence-corrected chi connectivity index (χ2v) is 6.28. The third-order valence-electron chi connectivity index (χ3n) is 4.20. The molecule has 3 rings (SSSR count). The van der Waals surface area contributed by atoms with Gasteiger partial charge in [0.25, 0.3) is 0 Å². The Morgan fingerprint density at radius 3 is 2.90 bits per heavy atom. The van der Waals surface area contributed by atoms with Crippen LogP contribution in [0.1, 0.15) is 42.8 Å². The van der Waals surface area contributed by atoms with Crippen LogP contribution < -0.4 is 5.32 Å². The number of rotatable bonds is 7. The molecule has 4 nitrogen and oxygen atoms in total. The van der Waals surface area contributed by atoms with Crippen molar-refractivity contribution in [1.29, 1.82) is 0 Å². The van der Waals surface area contributed by atoms with Crippen LogP contribution in [0.15, 0.2) is 10.5 Å². The number of aryl methyl sites for hydroxylation is 1. The summed E-state index contributed by atoms with van der Waals surface area (Å²) >= 11 is 0. The fraction of sp³-hybridized carbons (Fsp3) is 0.750. The lowest BCUT2D eigenvalue weighted by molar-refractivity contribution is 0.0774. The maximum atomic E-state index is 5.88. The van der Waals surface area contributed by atoms with E-state index in [0.717, 1.165) is 43.8 Å². The van der Waals surface area contributed by atoms with Crippen LogP contribution in [0.5, 0.6) is 0 Å². The minimum atomic E-state index is 0.409. The van der Waals surface area contributed by atoms with Gasteiger partial charge in [0.15, 0.2) is 0 Å². The van der Waals surface area contributed by atoms with Crippen molar-refractivity contribution in [2.75, 3.05) is 20.2 Å². The van der Waals surface area contributed by atoms with Crippen molar-refractivity contribution in [1.82, 2.24) is 10.2 Å². The monoisotopic (exact) mass is 278 g/mol. The SMILES string of the molecule is Cc1oc(CN(C)CC2CCCO2)cc1CNC1CC1. The Morgan fingerprint density at radius 2 is 2.20 bits per heavy atom. The molecule has 0 radical (unpaired) electrons. The lowest BCUT2D eigenvalue weighted by atomic mass is 10.2. The molecule has 1 aliphatic carbocycles. The summed E-state index contributed by atoms with van der Waals surface area (Å²) < 4.78 is 11.6. The maximum Gasteiger partial charge on any atom is 0.118 e. The highest BCUT2D eigenvalue weighted by Crippen LogP contribution is 2.22. The van der Waals surface area contributed by atoms with Gasteiger partial charge in [-0.15, -0.1) is 0 Å². The third-order valence-corrected chi connectivity index (χ3v) is 4.20. The zero-order valence-electron chi connectivity index (χ0n) is 12.7. The van der Waals surface area contributed by atoms with Crippen LogP contribution in [0.4, 0.5) is 0 Å². The van der Waals surface area contributed by atoms with Gasteiger partial charge in [0.2, 0.25) is 0 Å². The number of hydrogen-bond donors (Lipinski definition) is 1. The van der Waals surface area contributed by atoms with Gasteiger partial charge >= 0.3 is 0 Å². The van der Waals surface area contributed by atoms with Crippen LogP contribution in [0, 0.1) is 6.92 Å². The van der Waals surface area contributed by atoms with E-state index in [1.54, 1.807) is 0 Å². The molecule has 1 atom stereocenters. The van der Waals surface area contributed by atoms with Gasteiger partial charge in [0.05, 0.1) is 12.6 Å². The van der Waals surface area contributed by atoms with Crippen LogP contribution in [-0.2, 0) is 17.8 Å². The van der Waals surface area contributed by atoms with Gasteiger partial charge in [-0.2, -0.15) is 0 Å². The minimum absolute atomic E-state index is 0.409. The summed E-state index contributed by atoms with van der Waals surface area (Å²) in [6, 6.07) is 2.95. The average molecular weight is 278 g/mol. The number of nitrogens with one attached hydrogen (secondary N) is 1. The van der Waals surface area contributed by atoms with E-state index in [4.69, 9.17) is 9.15 Å². The molecule has 2 aliphatic rings. The second-order valence-electron chi connectivity index (χ2n) is 6.28. The molecule has 1 saturated carbocycles. The number of hydrogen-bond acceptors (Lipinski definition) is 4. The van der Waals surface area contributed by atoms with E-state index < -0.39 is 0 Å². The number of nitrogens with zero attached hydrogens (tertiary/aromatic N) is 1. The molecule has 0 amide bonds. The molecule has 0 spiro atoms. The smallest absolute Gasteiger partial charge is 0.118 e. The molecule has 2 heterocycles. The molecule has 20 heavy (non-hydrogen) atoms. The Labute approximate surface area is 121 Å². The normalized spacial score (nSPS) is 22.9. The highest BCUT2D eigenvalue weighted by molar-refractivity contribution is 5.21. The fourth-order valence-corrected chi connectivity index (χ4v) is 2.85. The van der Waals surface area contributed by atoms with Crippen molar-refractivity contribution in [3.63, 3.8) is 0 Å². The molecular formula is C16H26N2O2. The Hall–Kier alpha value is -0.840. The summed E-state index contributed by atoms with van der Waals surface area (Å²) in [5.41, 5.74) is 1.30. The van der Waals surface area contributed by atoms with Gasteiger partial charge in [-0.3, -0.25) is 4.90 Å². The van der Waals surface area contributed by atoms with Gasteiger partial charge in [-0.05, 0) is 45.7 Å². The highest BCUT2D eigenvalue weighted by Gasteiger charge is 2.21. The van der Waals surface area contributed by atoms with Crippen molar-refractivity contribution in [2.45, 2.75) is 57.8 Å². The van der Waals surface area contributed by atoms with E-state index in [1.165, 1.54) is 31.2 Å². The Bertz CT molecular complexity index is 434. The van der Waals surface area contributed by atoms with E-state index in [1.807, 2.05) is 0 Å². The van der Waals surface area contributed by atoms with Crippen molar-refractivity contribution in [3.05, 3.63) is 23.2 Å². The summed E-state index contributed by atoms with van der Waals surface area (Å²) in [5.74, 6) is 2.12. The molecule has 2 fully saturated rings. The summed E-state index contributed by atoms with van der Waals surface area (Å²) in [4.78, 5) is 2.30. The first-order valence-corrected chi connectivity index (χ1v) is 7.82. The van der Waals surface area contributed by atoms with Crippen molar-refractivity contribution >= 4 is 0 Å². The standard InChI is InChI=1S/C16H26N2O2/c1-12-13(9-17-14-5-6-14)8-16(20-12)11-18(2)10-15-4-3-7-19-15/h8,14-15,17H,3-7,9-11H2,1-2H3. The molecule has 0 aromatic carbocycles. The van der Waals surface area contributed by atoms with Gasteiger partial charge in [0, 0.05) is 31.3 Å². The average Bonchev–Trinajstić information content (AvgIpc) is 2.98. The van der Waals surface area contributed by atoms with Gasteiger partial charge in [-0.1, -0.05) is 0 Å². The van der Waals surface area contributed by atoms with Crippen molar-refractivity contribution < 1.29 is 9.15 Å². The third kappa shape index (κ3) is 3.84. The van der Waals surface area contributed by atoms with Gasteiger partial charge < -0.3 is 14.5 Å². The summed E-state index contributed by atoms with van der Waals surface area (Å²) in [6.45, 7) is 5.79. The van der Waals surface area contributed by atoms with E-state index >= 15 is 0 Å². The number of ether oxygens (including phenoxy) is 1. The van der Waals surface area contributed by atoms with Gasteiger partial charge in [-0.25, -0.2) is 0 Å². The van der Waals surface area contributed by atoms with Crippen LogP contribution in [0.2, 0.25) is 0 Å². The summed E-state index contributed by atoms with van der Waals surface area (Å²) in [6.07, 6.45) is 5.46. The van der Waals surface area contributed by atoms with E-state index in [-0.39, 0.29) is 0 Å². The second kappa shape index (κ2) is 6.29. The van der Waals surface area contributed by atoms with Crippen LogP contribution >= 0.6 is 0 Å². The lowest BCUT2D eigenvalue weighted by Crippen LogP contribution is -2.28. The number of furan rings is 1. The van der Waals surface area contributed by atoms with Crippen LogP contribution in [0.25, 0.3) is 0 Å². The van der Waals surface area contributed by atoms with E-state index in [2.05, 4.69) is 30.3 Å². The largest absolute Gasteiger partial charge is 0.465 e. The van der Waals surface area contributed by atoms with Crippen LogP contribution in [0.3, 0.4) is 0 Å². The lowest BCUT2D eigenvalue weighted by Gasteiger charge is -2.19. The summed E-state index contributed by atoms with van der Waals surface area (Å²) in [7, 11) is 2.14. The first kappa shape index (κ1) is 14.1. The molecule has 1 aromatic rings. The zero-order valence-corrected chi connectivity index (χ0v) is 12.7. The van der Waals surface area contributed by atoms with E-state index in [9.17, 15) is 0 Å². The first-order valence-electron chi connectivity index (χ1n) is 7.82. The molecule has 1 aliphatic heterocycles. The van der Waals surface area contributed by atoms with Crippen molar-refractivity contribution in [2.24, 2.45) is 0 Å². The Morgan fingerprint density at radius 1 is 1.35 bits per heavy atom. The highest BCUT2D eigenvalue weighted by atomic mass is 16.5. The fourth-order valence-electron chi connectivity index (χ4n) is 2.85. The number of likely N-dealkylation sites (N-methyl/N-ethyl adjacent to an activating group) is 1. The predicted octanol–water partition coefficient (Wildman–Crippen LogP) is 2.45. The minimum Gasteiger partial charge on any atom is -0.465 e.